The lowest BCUT2D eigenvalue weighted by Gasteiger charge is -2.34. The molecule has 4 unspecified atom stereocenters. The standard InChI is InChI=1S/C26H37NO7/c1-17(2)12-31-22-16-30-15-21(27-26(29)33-14-20-10-8-7-9-11-20)25(28)34-23(19(5)6)24(22)32-13-18(3)4/h7-11,19,21-24H,1,3,12-16H2,2,4-6H3,(H,27,29). The number of rotatable bonds is 10. The van der Waals surface area contributed by atoms with Crippen molar-refractivity contribution in [2.45, 2.75) is 58.7 Å². The molecular formula is C26H37NO7. The van der Waals surface area contributed by atoms with Crippen LogP contribution in [-0.2, 0) is 35.1 Å². The van der Waals surface area contributed by atoms with Gasteiger partial charge < -0.3 is 29.0 Å². The molecule has 1 saturated heterocycles. The summed E-state index contributed by atoms with van der Waals surface area (Å²) in [5.41, 5.74) is 2.51. The van der Waals surface area contributed by atoms with Crippen molar-refractivity contribution in [2.24, 2.45) is 5.92 Å². The Hall–Kier alpha value is -2.68. The highest BCUT2D eigenvalue weighted by atomic mass is 16.6. The van der Waals surface area contributed by atoms with Crippen LogP contribution in [-0.4, -0.2) is 62.8 Å². The summed E-state index contributed by atoms with van der Waals surface area (Å²) in [6, 6.07) is 8.23. The number of cyclic esters (lactones) is 1. The van der Waals surface area contributed by atoms with Gasteiger partial charge in [0.15, 0.2) is 6.04 Å². The third-order valence-electron chi connectivity index (χ3n) is 5.02. The summed E-state index contributed by atoms with van der Waals surface area (Å²) in [4.78, 5) is 25.3. The van der Waals surface area contributed by atoms with E-state index in [0.29, 0.717) is 6.61 Å². The highest BCUT2D eigenvalue weighted by molar-refractivity contribution is 5.81. The fraction of sp³-hybridized carbons (Fsp3) is 0.538. The number of ether oxygens (including phenoxy) is 5. The molecule has 188 valence electrons. The molecule has 0 bridgehead atoms. The van der Waals surface area contributed by atoms with Gasteiger partial charge in [-0.05, 0) is 25.3 Å². The Balaban J connectivity index is 2.13. The molecule has 1 aliphatic rings. The van der Waals surface area contributed by atoms with Crippen LogP contribution in [0.5, 0.6) is 0 Å². The molecule has 0 spiro atoms. The van der Waals surface area contributed by atoms with Crippen LogP contribution in [0.1, 0.15) is 33.3 Å². The number of esters is 1. The van der Waals surface area contributed by atoms with Crippen LogP contribution >= 0.6 is 0 Å². The maximum absolute atomic E-state index is 13.0. The Labute approximate surface area is 202 Å². The Morgan fingerprint density at radius 1 is 1.09 bits per heavy atom. The maximum atomic E-state index is 13.0. The predicted molar refractivity (Wildman–Crippen MR) is 128 cm³/mol. The second-order valence-corrected chi connectivity index (χ2v) is 8.98. The molecule has 2 rings (SSSR count). The first kappa shape index (κ1) is 27.6. The van der Waals surface area contributed by atoms with Gasteiger partial charge in [0.05, 0.1) is 26.4 Å². The molecule has 4 atom stereocenters. The third kappa shape index (κ3) is 9.29. The Morgan fingerprint density at radius 2 is 1.74 bits per heavy atom. The minimum absolute atomic E-state index is 0.0809. The molecule has 1 N–H and O–H groups in total. The third-order valence-corrected chi connectivity index (χ3v) is 5.02. The predicted octanol–water partition coefficient (Wildman–Crippen LogP) is 3.80. The number of hydrogen-bond acceptors (Lipinski definition) is 7. The molecule has 0 radical (unpaired) electrons. The van der Waals surface area contributed by atoms with E-state index in [1.807, 2.05) is 58.0 Å². The van der Waals surface area contributed by atoms with Crippen LogP contribution in [0.25, 0.3) is 0 Å². The zero-order valence-corrected chi connectivity index (χ0v) is 20.6. The van der Waals surface area contributed by atoms with E-state index in [1.165, 1.54) is 0 Å². The molecule has 1 aliphatic heterocycles. The van der Waals surface area contributed by atoms with Gasteiger partial charge in [0.25, 0.3) is 0 Å². The van der Waals surface area contributed by atoms with E-state index < -0.39 is 36.4 Å². The lowest BCUT2D eigenvalue weighted by Crippen LogP contribution is -2.49. The summed E-state index contributed by atoms with van der Waals surface area (Å²) >= 11 is 0. The number of benzene rings is 1. The number of carbonyl (C=O) groups is 2. The average molecular weight is 476 g/mol. The fourth-order valence-corrected chi connectivity index (χ4v) is 3.32. The van der Waals surface area contributed by atoms with Gasteiger partial charge in [-0.3, -0.25) is 0 Å². The van der Waals surface area contributed by atoms with Crippen LogP contribution in [0.3, 0.4) is 0 Å². The summed E-state index contributed by atoms with van der Waals surface area (Å²) in [6.45, 7) is 16.1. The lowest BCUT2D eigenvalue weighted by molar-refractivity contribution is -0.174. The molecule has 8 heteroatoms. The van der Waals surface area contributed by atoms with Crippen molar-refractivity contribution in [2.75, 3.05) is 26.4 Å². The first-order valence-electron chi connectivity index (χ1n) is 11.4. The van der Waals surface area contributed by atoms with Gasteiger partial charge in [0, 0.05) is 0 Å². The molecule has 0 aliphatic carbocycles. The number of carbonyl (C=O) groups excluding carboxylic acids is 2. The van der Waals surface area contributed by atoms with Crippen LogP contribution < -0.4 is 5.32 Å². The van der Waals surface area contributed by atoms with E-state index in [9.17, 15) is 9.59 Å². The van der Waals surface area contributed by atoms with E-state index in [-0.39, 0.29) is 32.3 Å². The van der Waals surface area contributed by atoms with Crippen LogP contribution in [0, 0.1) is 5.92 Å². The van der Waals surface area contributed by atoms with Crippen molar-refractivity contribution in [3.8, 4) is 0 Å². The van der Waals surface area contributed by atoms with Crippen molar-refractivity contribution in [3.05, 3.63) is 60.2 Å². The molecular weight excluding hydrogens is 438 g/mol. The smallest absolute Gasteiger partial charge is 0.408 e. The second-order valence-electron chi connectivity index (χ2n) is 8.98. The fourth-order valence-electron chi connectivity index (χ4n) is 3.32. The molecule has 1 fully saturated rings. The van der Waals surface area contributed by atoms with Crippen molar-refractivity contribution >= 4 is 12.1 Å². The maximum Gasteiger partial charge on any atom is 0.408 e. The topological polar surface area (TPSA) is 92.3 Å². The Kier molecular flexibility index (Phi) is 11.3. The van der Waals surface area contributed by atoms with Crippen LogP contribution in [0.15, 0.2) is 54.6 Å². The Morgan fingerprint density at radius 3 is 2.35 bits per heavy atom. The zero-order valence-electron chi connectivity index (χ0n) is 20.6. The summed E-state index contributed by atoms with van der Waals surface area (Å²) in [6.07, 6.45) is -2.47. The molecule has 1 amide bonds. The first-order chi connectivity index (χ1) is 16.2. The van der Waals surface area contributed by atoms with Gasteiger partial charge in [-0.25, -0.2) is 9.59 Å². The molecule has 1 heterocycles. The summed E-state index contributed by atoms with van der Waals surface area (Å²) < 4.78 is 29.0. The summed E-state index contributed by atoms with van der Waals surface area (Å²) in [7, 11) is 0. The molecule has 0 aromatic heterocycles. The monoisotopic (exact) mass is 475 g/mol. The normalized spacial score (nSPS) is 23.3. The van der Waals surface area contributed by atoms with Crippen molar-refractivity contribution in [1.82, 2.24) is 5.32 Å². The van der Waals surface area contributed by atoms with E-state index >= 15 is 0 Å². The number of alkyl carbamates (subject to hydrolysis) is 1. The number of amides is 1. The molecule has 8 nitrogen and oxygen atoms in total. The highest BCUT2D eigenvalue weighted by Crippen LogP contribution is 2.23. The molecule has 0 saturated carbocycles. The van der Waals surface area contributed by atoms with E-state index in [4.69, 9.17) is 23.7 Å². The highest BCUT2D eigenvalue weighted by Gasteiger charge is 2.40. The van der Waals surface area contributed by atoms with Gasteiger partial charge in [0.2, 0.25) is 0 Å². The number of hydrogen-bond donors (Lipinski definition) is 1. The number of nitrogens with one attached hydrogen (secondary N) is 1. The van der Waals surface area contributed by atoms with Gasteiger partial charge >= 0.3 is 12.1 Å². The molecule has 1 aromatic carbocycles. The van der Waals surface area contributed by atoms with E-state index in [0.717, 1.165) is 16.7 Å². The lowest BCUT2D eigenvalue weighted by atomic mass is 9.97. The summed E-state index contributed by atoms with van der Waals surface area (Å²) in [5.74, 6) is -0.710. The SMILES string of the molecule is C=C(C)COC1COCC(NC(=O)OCc2ccccc2)C(=O)OC(C(C)C)C1OCC(=C)C. The van der Waals surface area contributed by atoms with Crippen molar-refractivity contribution in [1.29, 1.82) is 0 Å². The summed E-state index contributed by atoms with van der Waals surface area (Å²) in [5, 5.41) is 2.55. The van der Waals surface area contributed by atoms with Crippen molar-refractivity contribution < 1.29 is 33.3 Å². The van der Waals surface area contributed by atoms with Gasteiger partial charge in [-0.2, -0.15) is 0 Å². The van der Waals surface area contributed by atoms with Gasteiger partial charge in [-0.15, -0.1) is 0 Å². The van der Waals surface area contributed by atoms with Gasteiger partial charge in [-0.1, -0.05) is 68.5 Å². The minimum atomic E-state index is -1.04. The largest absolute Gasteiger partial charge is 0.458 e. The average Bonchev–Trinajstić information content (AvgIpc) is 2.84. The Bertz CT molecular complexity index is 824. The van der Waals surface area contributed by atoms with Crippen molar-refractivity contribution in [3.63, 3.8) is 0 Å². The van der Waals surface area contributed by atoms with Gasteiger partial charge in [0.1, 0.15) is 24.9 Å². The second kappa shape index (κ2) is 13.9. The molecule has 1 aromatic rings. The first-order valence-corrected chi connectivity index (χ1v) is 11.4. The zero-order chi connectivity index (χ0) is 25.1. The minimum Gasteiger partial charge on any atom is -0.458 e. The van der Waals surface area contributed by atoms with E-state index in [2.05, 4.69) is 18.5 Å². The quantitative estimate of drug-likeness (QED) is 0.406. The van der Waals surface area contributed by atoms with Crippen LogP contribution in [0.4, 0.5) is 4.79 Å². The molecule has 34 heavy (non-hydrogen) atoms. The van der Waals surface area contributed by atoms with E-state index in [1.54, 1.807) is 0 Å². The van der Waals surface area contributed by atoms with Crippen LogP contribution in [0.2, 0.25) is 0 Å².